The van der Waals surface area contributed by atoms with Crippen LogP contribution in [-0.4, -0.2) is 24.1 Å². The van der Waals surface area contributed by atoms with Crippen LogP contribution in [0.2, 0.25) is 0 Å². The molecule has 1 saturated heterocycles. The molecule has 2 rings (SSSR count). The van der Waals surface area contributed by atoms with E-state index in [1.807, 2.05) is 19.1 Å². The lowest BCUT2D eigenvalue weighted by atomic mass is 10.1. The van der Waals surface area contributed by atoms with Crippen LogP contribution in [0.15, 0.2) is 16.7 Å². The Morgan fingerprint density at radius 2 is 2.44 bits per heavy atom. The van der Waals surface area contributed by atoms with Gasteiger partial charge in [-0.1, -0.05) is 0 Å². The number of nitrogens with one attached hydrogen (secondary N) is 1. The van der Waals surface area contributed by atoms with Crippen molar-refractivity contribution in [3.05, 3.63) is 22.4 Å². The first kappa shape index (κ1) is 11.5. The van der Waals surface area contributed by atoms with Crippen molar-refractivity contribution >= 4 is 27.5 Å². The number of halogens is 1. The Hall–Kier alpha value is -0.940. The van der Waals surface area contributed by atoms with E-state index in [0.717, 1.165) is 22.4 Å². The van der Waals surface area contributed by atoms with Gasteiger partial charge in [0, 0.05) is 6.61 Å². The van der Waals surface area contributed by atoms with Gasteiger partial charge in [-0.2, -0.15) is 0 Å². The Kier molecular flexibility index (Phi) is 3.56. The maximum absolute atomic E-state index is 11.8. The minimum atomic E-state index is -0.0250. The number of amides is 1. The highest BCUT2D eigenvalue weighted by molar-refractivity contribution is 9.10. The molecule has 4 nitrogen and oxygen atoms in total. The normalized spacial score (nSPS) is 19.8. The molecule has 1 aromatic rings. The highest BCUT2D eigenvalue weighted by atomic mass is 79.9. The fourth-order valence-corrected chi connectivity index (χ4v) is 2.04. The van der Waals surface area contributed by atoms with Crippen LogP contribution in [0.3, 0.4) is 0 Å². The molecule has 0 aromatic carbocycles. The van der Waals surface area contributed by atoms with Gasteiger partial charge in [-0.25, -0.2) is 4.98 Å². The van der Waals surface area contributed by atoms with Crippen LogP contribution in [0.5, 0.6) is 0 Å². The summed E-state index contributed by atoms with van der Waals surface area (Å²) in [6.45, 7) is 3.07. The summed E-state index contributed by atoms with van der Waals surface area (Å²) >= 11 is 3.28. The minimum absolute atomic E-state index is 0.0183. The second kappa shape index (κ2) is 4.93. The second-order valence-electron chi connectivity index (χ2n) is 3.82. The van der Waals surface area contributed by atoms with Gasteiger partial charge in [-0.15, -0.1) is 0 Å². The lowest BCUT2D eigenvalue weighted by Crippen LogP contribution is -2.23. The van der Waals surface area contributed by atoms with Crippen molar-refractivity contribution in [2.75, 3.05) is 18.5 Å². The number of aryl methyl sites for hydroxylation is 1. The molecule has 1 atom stereocenters. The SMILES string of the molecule is Cc1nc(Br)ccc1NC(=O)C1CCOC1. The average molecular weight is 285 g/mol. The fourth-order valence-electron chi connectivity index (χ4n) is 1.64. The number of hydrogen-bond acceptors (Lipinski definition) is 3. The van der Waals surface area contributed by atoms with Crippen LogP contribution in [-0.2, 0) is 9.53 Å². The number of carbonyl (C=O) groups excluding carboxylic acids is 1. The van der Waals surface area contributed by atoms with Gasteiger partial charge in [-0.3, -0.25) is 4.79 Å². The van der Waals surface area contributed by atoms with Gasteiger partial charge in [-0.05, 0) is 41.4 Å². The first-order chi connectivity index (χ1) is 7.66. The Balaban J connectivity index is 2.05. The highest BCUT2D eigenvalue weighted by Crippen LogP contribution is 2.19. The number of aromatic nitrogens is 1. The van der Waals surface area contributed by atoms with Crippen LogP contribution in [0.1, 0.15) is 12.1 Å². The highest BCUT2D eigenvalue weighted by Gasteiger charge is 2.23. The first-order valence-corrected chi connectivity index (χ1v) is 5.98. The molecule has 0 aliphatic carbocycles. The molecule has 0 saturated carbocycles. The molecule has 5 heteroatoms. The predicted molar refractivity (Wildman–Crippen MR) is 64.2 cm³/mol. The third-order valence-corrected chi connectivity index (χ3v) is 3.05. The number of nitrogens with zero attached hydrogens (tertiary/aromatic N) is 1. The molecular weight excluding hydrogens is 272 g/mol. The molecule has 16 heavy (non-hydrogen) atoms. The Morgan fingerprint density at radius 3 is 3.06 bits per heavy atom. The summed E-state index contributed by atoms with van der Waals surface area (Å²) in [4.78, 5) is 16.0. The van der Waals surface area contributed by atoms with Crippen molar-refractivity contribution in [2.45, 2.75) is 13.3 Å². The van der Waals surface area contributed by atoms with Crippen LogP contribution >= 0.6 is 15.9 Å². The maximum atomic E-state index is 11.8. The van der Waals surface area contributed by atoms with Crippen molar-refractivity contribution in [2.24, 2.45) is 5.92 Å². The summed E-state index contributed by atoms with van der Waals surface area (Å²) in [6.07, 6.45) is 0.800. The van der Waals surface area contributed by atoms with Gasteiger partial charge in [0.2, 0.25) is 5.91 Å². The van der Waals surface area contributed by atoms with Crippen LogP contribution in [0, 0.1) is 12.8 Å². The molecule has 0 spiro atoms. The molecule has 1 aromatic heterocycles. The summed E-state index contributed by atoms with van der Waals surface area (Å²) in [7, 11) is 0. The van der Waals surface area contributed by atoms with Gasteiger partial charge in [0.25, 0.3) is 0 Å². The lowest BCUT2D eigenvalue weighted by molar-refractivity contribution is -0.119. The van der Waals surface area contributed by atoms with Crippen LogP contribution in [0.25, 0.3) is 0 Å². The largest absolute Gasteiger partial charge is 0.381 e. The molecule has 1 fully saturated rings. The van der Waals surface area contributed by atoms with E-state index >= 15 is 0 Å². The Labute approximate surface area is 103 Å². The van der Waals surface area contributed by atoms with Crippen molar-refractivity contribution in [1.29, 1.82) is 0 Å². The van der Waals surface area contributed by atoms with E-state index in [1.54, 1.807) is 0 Å². The maximum Gasteiger partial charge on any atom is 0.229 e. The van der Waals surface area contributed by atoms with Crippen molar-refractivity contribution in [1.82, 2.24) is 4.98 Å². The van der Waals surface area contributed by atoms with Crippen molar-refractivity contribution in [3.8, 4) is 0 Å². The zero-order valence-electron chi connectivity index (χ0n) is 9.00. The van der Waals surface area contributed by atoms with Gasteiger partial charge >= 0.3 is 0 Å². The second-order valence-corrected chi connectivity index (χ2v) is 4.63. The standard InChI is InChI=1S/C11H13BrN2O2/c1-7-9(2-3-10(12)13-7)14-11(15)8-4-5-16-6-8/h2-3,8H,4-6H2,1H3,(H,14,15). The number of hydrogen-bond donors (Lipinski definition) is 1. The van der Waals surface area contributed by atoms with Crippen LogP contribution in [0.4, 0.5) is 5.69 Å². The van der Waals surface area contributed by atoms with E-state index < -0.39 is 0 Å². The van der Waals surface area contributed by atoms with E-state index in [9.17, 15) is 4.79 Å². The monoisotopic (exact) mass is 284 g/mol. The van der Waals surface area contributed by atoms with Crippen LogP contribution < -0.4 is 5.32 Å². The van der Waals surface area contributed by atoms with E-state index in [0.29, 0.717) is 13.2 Å². The Morgan fingerprint density at radius 1 is 1.62 bits per heavy atom. The topological polar surface area (TPSA) is 51.2 Å². The molecule has 1 aliphatic heterocycles. The molecular formula is C11H13BrN2O2. The number of pyridine rings is 1. The number of anilines is 1. The van der Waals surface area contributed by atoms with E-state index in [4.69, 9.17) is 4.74 Å². The molecule has 1 N–H and O–H groups in total. The zero-order chi connectivity index (χ0) is 11.5. The molecule has 1 amide bonds. The van der Waals surface area contributed by atoms with Gasteiger partial charge in [0.1, 0.15) is 4.60 Å². The predicted octanol–water partition coefficient (Wildman–Crippen LogP) is 2.13. The van der Waals surface area contributed by atoms with Crippen molar-refractivity contribution < 1.29 is 9.53 Å². The molecule has 86 valence electrons. The molecule has 0 radical (unpaired) electrons. The van der Waals surface area contributed by atoms with Gasteiger partial charge < -0.3 is 10.1 Å². The quantitative estimate of drug-likeness (QED) is 0.847. The summed E-state index contributed by atoms with van der Waals surface area (Å²) in [5.41, 5.74) is 1.57. The summed E-state index contributed by atoms with van der Waals surface area (Å²) < 4.78 is 5.95. The van der Waals surface area contributed by atoms with Gasteiger partial charge in [0.05, 0.1) is 23.9 Å². The molecule has 1 unspecified atom stereocenters. The number of carbonyl (C=O) groups is 1. The first-order valence-electron chi connectivity index (χ1n) is 5.18. The summed E-state index contributed by atoms with van der Waals surface area (Å²) in [5.74, 6) is -0.00670. The average Bonchev–Trinajstić information content (AvgIpc) is 2.75. The molecule has 0 bridgehead atoms. The molecule has 2 heterocycles. The minimum Gasteiger partial charge on any atom is -0.381 e. The lowest BCUT2D eigenvalue weighted by Gasteiger charge is -2.11. The number of rotatable bonds is 2. The summed E-state index contributed by atoms with van der Waals surface area (Å²) in [6, 6.07) is 3.66. The number of ether oxygens (including phenoxy) is 1. The fraction of sp³-hybridized carbons (Fsp3) is 0.455. The van der Waals surface area contributed by atoms with E-state index in [1.165, 1.54) is 0 Å². The van der Waals surface area contributed by atoms with E-state index in [2.05, 4.69) is 26.2 Å². The third kappa shape index (κ3) is 2.59. The third-order valence-electron chi connectivity index (χ3n) is 2.61. The zero-order valence-corrected chi connectivity index (χ0v) is 10.6. The van der Waals surface area contributed by atoms with Gasteiger partial charge in [0.15, 0.2) is 0 Å². The van der Waals surface area contributed by atoms with Crippen molar-refractivity contribution in [3.63, 3.8) is 0 Å². The Bertz CT molecular complexity index is 403. The molecule has 1 aliphatic rings. The smallest absolute Gasteiger partial charge is 0.229 e. The summed E-state index contributed by atoms with van der Waals surface area (Å²) in [5, 5.41) is 2.88. The van der Waals surface area contributed by atoms with E-state index in [-0.39, 0.29) is 11.8 Å².